The van der Waals surface area contributed by atoms with Crippen LogP contribution in [0.3, 0.4) is 0 Å². The molecule has 0 saturated carbocycles. The molecule has 1 saturated heterocycles. The molecule has 8 heteroatoms. The fourth-order valence-electron chi connectivity index (χ4n) is 3.32. The van der Waals surface area contributed by atoms with Gasteiger partial charge in [-0.2, -0.15) is 10.1 Å². The van der Waals surface area contributed by atoms with Gasteiger partial charge in [0.15, 0.2) is 5.82 Å². The topological polar surface area (TPSA) is 95.9 Å². The molecule has 28 heavy (non-hydrogen) atoms. The molecule has 3 aromatic rings. The number of rotatable bonds is 5. The van der Waals surface area contributed by atoms with Crippen LogP contribution in [0, 0.1) is 0 Å². The van der Waals surface area contributed by atoms with Crippen molar-refractivity contribution < 1.29 is 4.79 Å². The molecule has 3 heterocycles. The first-order chi connectivity index (χ1) is 13.7. The molecule has 2 N–H and O–H groups in total. The summed E-state index contributed by atoms with van der Waals surface area (Å²) < 4.78 is 0. The number of aromatic nitrogens is 4. The summed E-state index contributed by atoms with van der Waals surface area (Å²) in [7, 11) is 0. The van der Waals surface area contributed by atoms with E-state index < -0.39 is 0 Å². The maximum atomic E-state index is 11.8. The predicted molar refractivity (Wildman–Crippen MR) is 108 cm³/mol. The number of carbonyl (C=O) groups is 1. The molecule has 0 aliphatic carbocycles. The van der Waals surface area contributed by atoms with Crippen LogP contribution in [0.5, 0.6) is 0 Å². The van der Waals surface area contributed by atoms with Crippen molar-refractivity contribution in [1.82, 2.24) is 25.1 Å². The summed E-state index contributed by atoms with van der Waals surface area (Å²) in [6.45, 7) is 4.90. The highest BCUT2D eigenvalue weighted by Gasteiger charge is 2.22. The minimum absolute atomic E-state index is 0.0511. The number of anilines is 3. The Labute approximate surface area is 162 Å². The van der Waals surface area contributed by atoms with Gasteiger partial charge in [-0.25, -0.2) is 0 Å². The van der Waals surface area contributed by atoms with Crippen LogP contribution in [-0.2, 0) is 4.79 Å². The van der Waals surface area contributed by atoms with Crippen molar-refractivity contribution in [3.63, 3.8) is 0 Å². The lowest BCUT2D eigenvalue weighted by Gasteiger charge is -2.32. The Kier molecular flexibility index (Phi) is 5.09. The van der Waals surface area contributed by atoms with E-state index in [1.165, 1.54) is 6.08 Å². The number of nitrogens with one attached hydrogen (secondary N) is 2. The van der Waals surface area contributed by atoms with Gasteiger partial charge in [-0.3, -0.25) is 9.78 Å². The first-order valence-electron chi connectivity index (χ1n) is 9.21. The van der Waals surface area contributed by atoms with Crippen molar-refractivity contribution in [3.8, 4) is 0 Å². The fraction of sp³-hybridized carbons (Fsp3) is 0.250. The van der Waals surface area contributed by atoms with Gasteiger partial charge >= 0.3 is 0 Å². The summed E-state index contributed by atoms with van der Waals surface area (Å²) in [6.07, 6.45) is 6.54. The largest absolute Gasteiger partial charge is 0.348 e. The summed E-state index contributed by atoms with van der Waals surface area (Å²) in [5, 5.41) is 15.6. The first-order valence-corrected chi connectivity index (χ1v) is 9.21. The van der Waals surface area contributed by atoms with Gasteiger partial charge in [0, 0.05) is 24.5 Å². The average Bonchev–Trinajstić information content (AvgIpc) is 2.73. The molecule has 0 radical (unpaired) electrons. The normalized spacial score (nSPS) is 16.6. The molecule has 0 bridgehead atoms. The second-order valence-electron chi connectivity index (χ2n) is 6.68. The highest BCUT2D eigenvalue weighted by atomic mass is 16.2. The van der Waals surface area contributed by atoms with Crippen molar-refractivity contribution in [2.24, 2.45) is 0 Å². The number of hydrogen-bond donors (Lipinski definition) is 2. The molecular formula is C20H21N7O. The molecule has 1 aromatic carbocycles. The maximum Gasteiger partial charge on any atom is 0.246 e. The number of piperidine rings is 1. The van der Waals surface area contributed by atoms with E-state index in [1.807, 2.05) is 30.3 Å². The Hall–Kier alpha value is -3.55. The van der Waals surface area contributed by atoms with Crippen LogP contribution in [0.1, 0.15) is 12.8 Å². The molecular weight excluding hydrogens is 354 g/mol. The van der Waals surface area contributed by atoms with Gasteiger partial charge in [-0.05, 0) is 31.1 Å². The average molecular weight is 375 g/mol. The molecule has 1 unspecified atom stereocenters. The van der Waals surface area contributed by atoms with Gasteiger partial charge in [0.1, 0.15) is 0 Å². The number of benzene rings is 1. The van der Waals surface area contributed by atoms with Crippen molar-refractivity contribution in [2.75, 3.05) is 23.7 Å². The zero-order valence-electron chi connectivity index (χ0n) is 15.4. The summed E-state index contributed by atoms with van der Waals surface area (Å²) in [4.78, 5) is 22.5. The number of para-hydroxylation sites is 1. The van der Waals surface area contributed by atoms with Gasteiger partial charge in [0.2, 0.25) is 11.9 Å². The minimum Gasteiger partial charge on any atom is -0.348 e. The van der Waals surface area contributed by atoms with Gasteiger partial charge < -0.3 is 15.5 Å². The van der Waals surface area contributed by atoms with Crippen molar-refractivity contribution in [2.45, 2.75) is 18.9 Å². The van der Waals surface area contributed by atoms with Gasteiger partial charge in [-0.1, -0.05) is 24.8 Å². The standard InChI is InChI=1S/C20H21N7O/c1-2-19(28)27-9-5-7-15(13-27)24-20-25-18(12-22-26-20)23-16-10-14-6-3-4-8-17(14)21-11-16/h2-4,6,8,10-12,15H,1,5,7,9,13H2,(H2,23,24,25,26). The van der Waals surface area contributed by atoms with E-state index >= 15 is 0 Å². The third-order valence-corrected chi connectivity index (χ3v) is 4.66. The number of amides is 1. The lowest BCUT2D eigenvalue weighted by atomic mass is 10.1. The van der Waals surface area contributed by atoms with Crippen molar-refractivity contribution in [3.05, 3.63) is 55.4 Å². The lowest BCUT2D eigenvalue weighted by Crippen LogP contribution is -2.44. The van der Waals surface area contributed by atoms with E-state index in [2.05, 4.69) is 37.4 Å². The molecule has 1 fully saturated rings. The predicted octanol–water partition coefficient (Wildman–Crippen LogP) is 2.75. The van der Waals surface area contributed by atoms with E-state index in [0.717, 1.165) is 36.0 Å². The molecule has 1 amide bonds. The number of likely N-dealkylation sites (tertiary alicyclic amines) is 1. The molecule has 0 spiro atoms. The Balaban J connectivity index is 1.45. The van der Waals surface area contributed by atoms with E-state index in [9.17, 15) is 4.79 Å². The second kappa shape index (κ2) is 7.99. The maximum absolute atomic E-state index is 11.8. The third-order valence-electron chi connectivity index (χ3n) is 4.66. The smallest absolute Gasteiger partial charge is 0.246 e. The van der Waals surface area contributed by atoms with Crippen LogP contribution in [0.25, 0.3) is 10.9 Å². The van der Waals surface area contributed by atoms with E-state index in [-0.39, 0.29) is 11.9 Å². The number of fused-ring (bicyclic) bond motifs is 1. The second-order valence-corrected chi connectivity index (χ2v) is 6.68. The van der Waals surface area contributed by atoms with Gasteiger partial charge in [-0.15, -0.1) is 5.10 Å². The highest BCUT2D eigenvalue weighted by molar-refractivity contribution is 5.87. The monoisotopic (exact) mass is 375 g/mol. The minimum atomic E-state index is -0.0511. The zero-order chi connectivity index (χ0) is 19.3. The lowest BCUT2D eigenvalue weighted by molar-refractivity contribution is -0.127. The fourth-order valence-corrected chi connectivity index (χ4v) is 3.32. The Bertz CT molecular complexity index is 1010. The van der Waals surface area contributed by atoms with Crippen LogP contribution in [-0.4, -0.2) is 50.1 Å². The van der Waals surface area contributed by atoms with E-state index in [0.29, 0.717) is 18.3 Å². The number of nitrogens with zero attached hydrogens (tertiary/aromatic N) is 5. The van der Waals surface area contributed by atoms with Crippen LogP contribution in [0.15, 0.2) is 55.4 Å². The van der Waals surface area contributed by atoms with Gasteiger partial charge in [0.05, 0.1) is 23.6 Å². The Morgan fingerprint density at radius 3 is 3.07 bits per heavy atom. The van der Waals surface area contributed by atoms with Crippen LogP contribution in [0.4, 0.5) is 17.5 Å². The molecule has 142 valence electrons. The van der Waals surface area contributed by atoms with Gasteiger partial charge in [0.25, 0.3) is 0 Å². The van der Waals surface area contributed by atoms with E-state index in [1.54, 1.807) is 17.3 Å². The molecule has 1 atom stereocenters. The molecule has 1 aliphatic heterocycles. The Morgan fingerprint density at radius 2 is 2.18 bits per heavy atom. The van der Waals surface area contributed by atoms with Crippen LogP contribution < -0.4 is 10.6 Å². The number of carbonyl (C=O) groups excluding carboxylic acids is 1. The number of pyridine rings is 1. The molecule has 2 aromatic heterocycles. The summed E-state index contributed by atoms with van der Waals surface area (Å²) in [5.41, 5.74) is 1.76. The number of hydrogen-bond acceptors (Lipinski definition) is 7. The SMILES string of the molecule is C=CC(=O)N1CCCC(Nc2nncc(Nc3cnc4ccccc4c3)n2)C1. The quantitative estimate of drug-likeness (QED) is 0.662. The summed E-state index contributed by atoms with van der Waals surface area (Å²) in [6, 6.07) is 10.0. The first kappa shape index (κ1) is 17.8. The molecule has 1 aliphatic rings. The summed E-state index contributed by atoms with van der Waals surface area (Å²) in [5.74, 6) is 0.950. The van der Waals surface area contributed by atoms with Crippen LogP contribution in [0.2, 0.25) is 0 Å². The highest BCUT2D eigenvalue weighted by Crippen LogP contribution is 2.20. The summed E-state index contributed by atoms with van der Waals surface area (Å²) >= 11 is 0. The molecule has 4 rings (SSSR count). The van der Waals surface area contributed by atoms with Crippen molar-refractivity contribution >= 4 is 34.3 Å². The van der Waals surface area contributed by atoms with E-state index in [4.69, 9.17) is 0 Å². The molecule has 8 nitrogen and oxygen atoms in total. The van der Waals surface area contributed by atoms with Crippen LogP contribution >= 0.6 is 0 Å². The zero-order valence-corrected chi connectivity index (χ0v) is 15.4. The van der Waals surface area contributed by atoms with Crippen molar-refractivity contribution in [1.29, 1.82) is 0 Å². The Morgan fingerprint density at radius 1 is 1.29 bits per heavy atom. The third kappa shape index (κ3) is 4.06.